The molecule has 200 valence electrons. The van der Waals surface area contributed by atoms with E-state index in [0.29, 0.717) is 36.4 Å². The predicted octanol–water partition coefficient (Wildman–Crippen LogP) is 6.07. The molecule has 0 aromatic heterocycles. The Morgan fingerprint density at radius 2 is 1.49 bits per heavy atom. The number of carbonyl (C=O) groups excluding carboxylic acids is 3. The van der Waals surface area contributed by atoms with Gasteiger partial charge in [0.05, 0.1) is 31.6 Å². The summed E-state index contributed by atoms with van der Waals surface area (Å²) in [6.45, 7) is 6.89. The van der Waals surface area contributed by atoms with E-state index >= 15 is 0 Å². The van der Waals surface area contributed by atoms with Crippen molar-refractivity contribution >= 4 is 23.5 Å². The molecule has 0 aliphatic carbocycles. The number of anilines is 1. The molecular weight excluding hydrogens is 474 g/mol. The molecule has 2 rings (SSSR count). The quantitative estimate of drug-likeness (QED) is 0.126. The lowest BCUT2D eigenvalue weighted by molar-refractivity contribution is -0.143. The highest BCUT2D eigenvalue weighted by Crippen LogP contribution is 2.27. The predicted molar refractivity (Wildman–Crippen MR) is 142 cm³/mol. The monoisotopic (exact) mass is 511 g/mol. The third kappa shape index (κ3) is 10.8. The number of carbonyl (C=O) groups is 3. The van der Waals surface area contributed by atoms with Gasteiger partial charge in [-0.25, -0.2) is 9.59 Å². The van der Waals surface area contributed by atoms with Crippen LogP contribution in [0.25, 0.3) is 0 Å². The standard InChI is InChI=1S/C29H37NO7/c1-4-7-8-11-20-34-23-16-14-22(15-17-23)28(32)30-24-12-9-10-13-25(24)37-26(29(33)36-19-6-3)21-27(31)35-18-5-2/h9-10,12-17,21H,4-8,11,18-20H2,1-3H3,(H,30,32)/b26-21+. The normalized spacial score (nSPS) is 10.9. The molecule has 0 saturated carbocycles. The topological polar surface area (TPSA) is 100 Å². The van der Waals surface area contributed by atoms with Crippen molar-refractivity contribution in [2.75, 3.05) is 25.1 Å². The van der Waals surface area contributed by atoms with Crippen LogP contribution in [0.2, 0.25) is 0 Å². The average Bonchev–Trinajstić information content (AvgIpc) is 2.91. The van der Waals surface area contributed by atoms with Gasteiger partial charge in [-0.1, -0.05) is 52.2 Å². The van der Waals surface area contributed by atoms with Crippen LogP contribution < -0.4 is 14.8 Å². The first-order valence-electron chi connectivity index (χ1n) is 12.8. The molecule has 37 heavy (non-hydrogen) atoms. The van der Waals surface area contributed by atoms with Crippen LogP contribution in [-0.2, 0) is 19.1 Å². The Balaban J connectivity index is 2.10. The molecule has 0 atom stereocenters. The van der Waals surface area contributed by atoms with E-state index in [9.17, 15) is 14.4 Å². The number of esters is 2. The lowest BCUT2D eigenvalue weighted by Gasteiger charge is -2.14. The van der Waals surface area contributed by atoms with Crippen LogP contribution in [0.5, 0.6) is 11.5 Å². The fourth-order valence-electron chi connectivity index (χ4n) is 3.14. The van der Waals surface area contributed by atoms with Gasteiger partial charge in [0.25, 0.3) is 5.91 Å². The van der Waals surface area contributed by atoms with Gasteiger partial charge >= 0.3 is 11.9 Å². The molecule has 0 aliphatic heterocycles. The van der Waals surface area contributed by atoms with E-state index in [1.807, 2.05) is 13.8 Å². The third-order valence-corrected chi connectivity index (χ3v) is 5.07. The molecule has 0 bridgehead atoms. The van der Waals surface area contributed by atoms with Crippen LogP contribution in [-0.4, -0.2) is 37.7 Å². The first-order chi connectivity index (χ1) is 18.0. The molecule has 0 saturated heterocycles. The highest BCUT2D eigenvalue weighted by molar-refractivity contribution is 6.05. The summed E-state index contributed by atoms with van der Waals surface area (Å²) >= 11 is 0. The first-order valence-corrected chi connectivity index (χ1v) is 12.8. The molecule has 0 spiro atoms. The fourth-order valence-corrected chi connectivity index (χ4v) is 3.14. The Kier molecular flexibility index (Phi) is 13.3. The van der Waals surface area contributed by atoms with Gasteiger partial charge in [-0.2, -0.15) is 0 Å². The number of hydrogen-bond acceptors (Lipinski definition) is 7. The number of ether oxygens (including phenoxy) is 4. The lowest BCUT2D eigenvalue weighted by Crippen LogP contribution is -2.17. The summed E-state index contributed by atoms with van der Waals surface area (Å²) in [6.07, 6.45) is 6.67. The molecule has 0 heterocycles. The Bertz CT molecular complexity index is 1030. The van der Waals surface area contributed by atoms with Gasteiger partial charge in [-0.15, -0.1) is 0 Å². The Labute approximate surface area is 218 Å². The zero-order chi connectivity index (χ0) is 26.9. The molecule has 8 heteroatoms. The number of unbranched alkanes of at least 4 members (excludes halogenated alkanes) is 3. The van der Waals surface area contributed by atoms with Crippen LogP contribution in [0.4, 0.5) is 5.69 Å². The molecule has 8 nitrogen and oxygen atoms in total. The van der Waals surface area contributed by atoms with Crippen molar-refractivity contribution in [2.45, 2.75) is 59.3 Å². The molecule has 0 unspecified atom stereocenters. The van der Waals surface area contributed by atoms with E-state index in [4.69, 9.17) is 18.9 Å². The van der Waals surface area contributed by atoms with Crippen LogP contribution in [0.1, 0.15) is 69.7 Å². The zero-order valence-electron chi connectivity index (χ0n) is 21.9. The van der Waals surface area contributed by atoms with Crippen molar-refractivity contribution < 1.29 is 33.3 Å². The van der Waals surface area contributed by atoms with Crippen molar-refractivity contribution in [3.05, 3.63) is 65.9 Å². The van der Waals surface area contributed by atoms with E-state index in [2.05, 4.69) is 12.2 Å². The number of benzene rings is 2. The zero-order valence-corrected chi connectivity index (χ0v) is 21.9. The van der Waals surface area contributed by atoms with Crippen molar-refractivity contribution in [1.29, 1.82) is 0 Å². The highest BCUT2D eigenvalue weighted by atomic mass is 16.6. The summed E-state index contributed by atoms with van der Waals surface area (Å²) in [5.74, 6) is -1.36. The van der Waals surface area contributed by atoms with Gasteiger partial charge in [-0.05, 0) is 55.7 Å². The molecular formula is C29H37NO7. The van der Waals surface area contributed by atoms with Gasteiger partial charge in [-0.3, -0.25) is 4.79 Å². The summed E-state index contributed by atoms with van der Waals surface area (Å²) in [6, 6.07) is 13.5. The van der Waals surface area contributed by atoms with Crippen molar-refractivity contribution in [1.82, 2.24) is 0 Å². The maximum Gasteiger partial charge on any atom is 0.374 e. The first kappa shape index (κ1) is 29.4. The van der Waals surface area contributed by atoms with Gasteiger partial charge in [0.2, 0.25) is 5.76 Å². The Morgan fingerprint density at radius 3 is 2.19 bits per heavy atom. The maximum atomic E-state index is 12.9. The molecule has 1 N–H and O–H groups in total. The largest absolute Gasteiger partial charge is 0.494 e. The number of hydrogen-bond donors (Lipinski definition) is 1. The summed E-state index contributed by atoms with van der Waals surface area (Å²) in [4.78, 5) is 37.5. The summed E-state index contributed by atoms with van der Waals surface area (Å²) in [7, 11) is 0. The molecule has 2 aromatic carbocycles. The summed E-state index contributed by atoms with van der Waals surface area (Å²) in [5.41, 5.74) is 0.745. The van der Waals surface area contributed by atoms with Crippen LogP contribution in [0.3, 0.4) is 0 Å². The van der Waals surface area contributed by atoms with Crippen LogP contribution >= 0.6 is 0 Å². The molecule has 1 amide bonds. The van der Waals surface area contributed by atoms with Gasteiger partial charge in [0.15, 0.2) is 5.75 Å². The third-order valence-electron chi connectivity index (χ3n) is 5.07. The molecule has 0 fully saturated rings. The number of amides is 1. The molecule has 0 aliphatic rings. The van der Waals surface area contributed by atoms with E-state index in [1.165, 1.54) is 12.8 Å². The summed E-state index contributed by atoms with van der Waals surface area (Å²) in [5, 5.41) is 2.79. The SMILES string of the molecule is CCCCCCOc1ccc(C(=O)Nc2ccccc2O/C(=C/C(=O)OCCC)C(=O)OCCC)cc1. The smallest absolute Gasteiger partial charge is 0.374 e. The maximum absolute atomic E-state index is 12.9. The highest BCUT2D eigenvalue weighted by Gasteiger charge is 2.19. The van der Waals surface area contributed by atoms with Gasteiger partial charge in [0, 0.05) is 5.56 Å². The van der Waals surface area contributed by atoms with E-state index in [1.54, 1.807) is 48.5 Å². The second-order valence-corrected chi connectivity index (χ2v) is 8.30. The Hall–Kier alpha value is -3.81. The van der Waals surface area contributed by atoms with Gasteiger partial charge < -0.3 is 24.3 Å². The molecule has 0 radical (unpaired) electrons. The second-order valence-electron chi connectivity index (χ2n) is 8.30. The minimum atomic E-state index is -0.804. The minimum Gasteiger partial charge on any atom is -0.494 e. The summed E-state index contributed by atoms with van der Waals surface area (Å²) < 4.78 is 21.6. The van der Waals surface area contributed by atoms with E-state index in [-0.39, 0.29) is 30.6 Å². The van der Waals surface area contributed by atoms with Crippen LogP contribution in [0, 0.1) is 0 Å². The van der Waals surface area contributed by atoms with Gasteiger partial charge in [0.1, 0.15) is 5.75 Å². The minimum absolute atomic E-state index is 0.167. The molecule has 2 aromatic rings. The number of rotatable bonds is 16. The van der Waals surface area contributed by atoms with Crippen molar-refractivity contribution in [2.24, 2.45) is 0 Å². The van der Waals surface area contributed by atoms with Crippen molar-refractivity contribution in [3.8, 4) is 11.5 Å². The van der Waals surface area contributed by atoms with E-state index in [0.717, 1.165) is 18.9 Å². The average molecular weight is 512 g/mol. The number of para-hydroxylation sites is 2. The van der Waals surface area contributed by atoms with E-state index < -0.39 is 11.9 Å². The fraction of sp³-hybridized carbons (Fsp3) is 0.414. The van der Waals surface area contributed by atoms with Crippen molar-refractivity contribution in [3.63, 3.8) is 0 Å². The number of nitrogens with one attached hydrogen (secondary N) is 1. The lowest BCUT2D eigenvalue weighted by atomic mass is 10.2. The second kappa shape index (κ2) is 16.8. The Morgan fingerprint density at radius 1 is 0.784 bits per heavy atom. The van der Waals surface area contributed by atoms with Crippen LogP contribution in [0.15, 0.2) is 60.4 Å².